The molecule has 162 valence electrons. The first kappa shape index (κ1) is 21.9. The van der Waals surface area contributed by atoms with Crippen molar-refractivity contribution in [3.8, 4) is 11.5 Å². The quantitative estimate of drug-likeness (QED) is 0.641. The van der Waals surface area contributed by atoms with E-state index in [1.54, 1.807) is 0 Å². The van der Waals surface area contributed by atoms with E-state index in [4.69, 9.17) is 14.2 Å². The second kappa shape index (κ2) is 11.4. The van der Waals surface area contributed by atoms with Gasteiger partial charge in [-0.1, -0.05) is 13.0 Å². The molecule has 6 heteroatoms. The minimum absolute atomic E-state index is 0.138. The first-order valence-electron chi connectivity index (χ1n) is 11.1. The van der Waals surface area contributed by atoms with Crippen molar-refractivity contribution in [2.24, 2.45) is 5.92 Å². The maximum absolute atomic E-state index is 12.5. The minimum atomic E-state index is 0.138. The summed E-state index contributed by atoms with van der Waals surface area (Å²) in [5.74, 6) is 2.21. The van der Waals surface area contributed by atoms with Gasteiger partial charge in [-0.25, -0.2) is 0 Å². The molecule has 2 unspecified atom stereocenters. The number of likely N-dealkylation sites (tertiary alicyclic amines) is 1. The summed E-state index contributed by atoms with van der Waals surface area (Å²) in [6, 6.07) is 6.27. The van der Waals surface area contributed by atoms with Crippen molar-refractivity contribution in [3.63, 3.8) is 0 Å². The number of carbonyl (C=O) groups is 1. The summed E-state index contributed by atoms with van der Waals surface area (Å²) in [7, 11) is 0. The number of fused-ring (bicyclic) bond motifs is 1. The van der Waals surface area contributed by atoms with Gasteiger partial charge in [-0.05, 0) is 49.8 Å². The number of rotatable bonds is 9. The second-order valence-corrected chi connectivity index (χ2v) is 8.12. The van der Waals surface area contributed by atoms with Crippen molar-refractivity contribution in [3.05, 3.63) is 23.8 Å². The van der Waals surface area contributed by atoms with Gasteiger partial charge in [0.05, 0.1) is 13.2 Å². The van der Waals surface area contributed by atoms with Crippen LogP contribution in [0.15, 0.2) is 18.2 Å². The smallest absolute Gasteiger partial charge is 0.220 e. The van der Waals surface area contributed by atoms with Gasteiger partial charge in [0, 0.05) is 51.7 Å². The predicted molar refractivity (Wildman–Crippen MR) is 114 cm³/mol. The van der Waals surface area contributed by atoms with Gasteiger partial charge in [0.1, 0.15) is 0 Å². The molecule has 1 amide bonds. The largest absolute Gasteiger partial charge is 0.490 e. The van der Waals surface area contributed by atoms with E-state index < -0.39 is 0 Å². The van der Waals surface area contributed by atoms with Crippen molar-refractivity contribution in [2.75, 3.05) is 46.1 Å². The highest BCUT2D eigenvalue weighted by atomic mass is 16.5. The summed E-state index contributed by atoms with van der Waals surface area (Å²) >= 11 is 0. The number of piperidine rings is 1. The van der Waals surface area contributed by atoms with Crippen LogP contribution in [0.2, 0.25) is 0 Å². The summed E-state index contributed by atoms with van der Waals surface area (Å²) in [5.41, 5.74) is 1.11. The van der Waals surface area contributed by atoms with Crippen molar-refractivity contribution in [1.82, 2.24) is 10.2 Å². The lowest BCUT2D eigenvalue weighted by Crippen LogP contribution is -2.50. The lowest BCUT2D eigenvalue weighted by Gasteiger charge is -2.37. The van der Waals surface area contributed by atoms with E-state index in [-0.39, 0.29) is 11.9 Å². The number of amides is 1. The Morgan fingerprint density at radius 2 is 2.10 bits per heavy atom. The van der Waals surface area contributed by atoms with Gasteiger partial charge >= 0.3 is 0 Å². The number of hydrogen-bond acceptors (Lipinski definition) is 5. The van der Waals surface area contributed by atoms with Gasteiger partial charge in [-0.2, -0.15) is 0 Å². The Kier molecular flexibility index (Phi) is 8.62. The van der Waals surface area contributed by atoms with Crippen molar-refractivity contribution < 1.29 is 19.0 Å². The van der Waals surface area contributed by atoms with Crippen LogP contribution >= 0.6 is 0 Å². The number of carbonyl (C=O) groups excluding carboxylic acids is 1. The summed E-state index contributed by atoms with van der Waals surface area (Å²) in [5, 5.41) is 3.26. The third kappa shape index (κ3) is 6.89. The number of ether oxygens (including phenoxy) is 3. The van der Waals surface area contributed by atoms with Crippen LogP contribution < -0.4 is 14.8 Å². The molecule has 2 aliphatic rings. The normalized spacial score (nSPS) is 22.1. The summed E-state index contributed by atoms with van der Waals surface area (Å²) < 4.78 is 16.8. The Hall–Kier alpha value is -1.79. The Balaban J connectivity index is 1.39. The molecule has 1 fully saturated rings. The van der Waals surface area contributed by atoms with Crippen LogP contribution in [0.1, 0.15) is 45.1 Å². The Labute approximate surface area is 174 Å². The number of nitrogens with one attached hydrogen (secondary N) is 1. The van der Waals surface area contributed by atoms with Crippen LogP contribution in [0, 0.1) is 5.92 Å². The average Bonchev–Trinajstić information content (AvgIpc) is 2.96. The molecule has 6 nitrogen and oxygen atoms in total. The first-order valence-corrected chi connectivity index (χ1v) is 11.1. The van der Waals surface area contributed by atoms with E-state index >= 15 is 0 Å². The zero-order valence-corrected chi connectivity index (χ0v) is 18.0. The number of aryl methyl sites for hydroxylation is 1. The molecule has 0 aromatic heterocycles. The van der Waals surface area contributed by atoms with Gasteiger partial charge < -0.3 is 24.4 Å². The summed E-state index contributed by atoms with van der Waals surface area (Å²) in [6.45, 7) is 10.4. The van der Waals surface area contributed by atoms with E-state index in [1.807, 2.05) is 25.1 Å². The van der Waals surface area contributed by atoms with Crippen molar-refractivity contribution in [2.45, 2.75) is 52.0 Å². The van der Waals surface area contributed by atoms with Crippen molar-refractivity contribution >= 4 is 5.91 Å². The lowest BCUT2D eigenvalue weighted by atomic mass is 9.93. The highest BCUT2D eigenvalue weighted by Gasteiger charge is 2.26. The van der Waals surface area contributed by atoms with Gasteiger partial charge in [0.2, 0.25) is 5.91 Å². The van der Waals surface area contributed by atoms with Gasteiger partial charge in [-0.15, -0.1) is 0 Å². The van der Waals surface area contributed by atoms with E-state index in [2.05, 4.69) is 17.1 Å². The van der Waals surface area contributed by atoms with Crippen LogP contribution in [0.3, 0.4) is 0 Å². The highest BCUT2D eigenvalue weighted by Crippen LogP contribution is 2.30. The zero-order chi connectivity index (χ0) is 20.5. The molecule has 2 atom stereocenters. The fraction of sp³-hybridized carbons (Fsp3) is 0.696. The predicted octanol–water partition coefficient (Wildman–Crippen LogP) is 3.03. The highest BCUT2D eigenvalue weighted by molar-refractivity contribution is 5.76. The van der Waals surface area contributed by atoms with Crippen molar-refractivity contribution in [1.29, 1.82) is 0 Å². The van der Waals surface area contributed by atoms with Gasteiger partial charge in [0.15, 0.2) is 11.5 Å². The molecule has 0 saturated carbocycles. The number of benzene rings is 1. The van der Waals surface area contributed by atoms with E-state index in [0.717, 1.165) is 69.2 Å². The van der Waals surface area contributed by atoms with Crippen LogP contribution in [0.5, 0.6) is 11.5 Å². The number of nitrogens with zero attached hydrogens (tertiary/aromatic N) is 1. The minimum Gasteiger partial charge on any atom is -0.490 e. The van der Waals surface area contributed by atoms with Gasteiger partial charge in [-0.3, -0.25) is 4.79 Å². The SMILES string of the molecule is CCOCCCN1CCC(NC(=O)CCc2ccc3c(c2)OCCCO3)C(C)C1. The van der Waals surface area contributed by atoms with Crippen LogP contribution in [-0.2, 0) is 16.0 Å². The molecule has 1 aromatic carbocycles. The Bertz CT molecular complexity index is 652. The van der Waals surface area contributed by atoms with Crippen LogP contribution in [-0.4, -0.2) is 62.9 Å². The average molecular weight is 405 g/mol. The topological polar surface area (TPSA) is 60.0 Å². The second-order valence-electron chi connectivity index (χ2n) is 8.12. The summed E-state index contributed by atoms with van der Waals surface area (Å²) in [6.07, 6.45) is 4.21. The van der Waals surface area contributed by atoms with Crippen LogP contribution in [0.4, 0.5) is 0 Å². The molecule has 2 aliphatic heterocycles. The monoisotopic (exact) mass is 404 g/mol. The molecule has 2 heterocycles. The zero-order valence-electron chi connectivity index (χ0n) is 18.0. The van der Waals surface area contributed by atoms with Gasteiger partial charge in [0.25, 0.3) is 0 Å². The maximum atomic E-state index is 12.5. The molecule has 1 N–H and O–H groups in total. The molecule has 1 aromatic rings. The molecule has 0 spiro atoms. The van der Waals surface area contributed by atoms with E-state index in [0.29, 0.717) is 32.0 Å². The molecular weight excluding hydrogens is 368 g/mol. The fourth-order valence-corrected chi connectivity index (χ4v) is 4.08. The Morgan fingerprint density at radius 1 is 1.28 bits per heavy atom. The fourth-order valence-electron chi connectivity index (χ4n) is 4.08. The maximum Gasteiger partial charge on any atom is 0.220 e. The number of hydrogen-bond donors (Lipinski definition) is 1. The Morgan fingerprint density at radius 3 is 2.90 bits per heavy atom. The third-order valence-electron chi connectivity index (χ3n) is 5.76. The van der Waals surface area contributed by atoms with Crippen LogP contribution in [0.25, 0.3) is 0 Å². The standard InChI is InChI=1S/C23H36N2O4/c1-3-27-13-4-11-25-12-10-20(18(2)17-25)24-23(26)9-7-19-6-8-21-22(16-19)29-15-5-14-28-21/h6,8,16,18,20H,3-5,7,9-15,17H2,1-2H3,(H,24,26). The third-order valence-corrected chi connectivity index (χ3v) is 5.76. The first-order chi connectivity index (χ1) is 14.2. The lowest BCUT2D eigenvalue weighted by molar-refractivity contribution is -0.122. The molecule has 0 radical (unpaired) electrons. The molecule has 1 saturated heterocycles. The molecule has 3 rings (SSSR count). The molecular formula is C23H36N2O4. The van der Waals surface area contributed by atoms with E-state index in [9.17, 15) is 4.79 Å². The molecule has 0 bridgehead atoms. The molecule has 0 aliphatic carbocycles. The molecule has 29 heavy (non-hydrogen) atoms. The summed E-state index contributed by atoms with van der Waals surface area (Å²) in [4.78, 5) is 15.0. The van der Waals surface area contributed by atoms with E-state index in [1.165, 1.54) is 0 Å².